The standard InChI is InChI=1S/Mn.H3N.H2O4S.Zn/c;;1-5(2,3)4;/h;1H3;(H2,1,2,3,4);/q+2;;;+2/p-1. The molecule has 0 heterocycles. The summed E-state index contributed by atoms with van der Waals surface area (Å²) in [5.41, 5.74) is 0. The van der Waals surface area contributed by atoms with Gasteiger partial charge in [0.2, 0.25) is 0 Å². The first kappa shape index (κ1) is 23.1. The summed E-state index contributed by atoms with van der Waals surface area (Å²) in [7, 11) is -5.17. The quantitative estimate of drug-likeness (QED) is 0.330. The normalized spacial score (nSPS) is 7.25. The summed E-state index contributed by atoms with van der Waals surface area (Å²) in [6.07, 6.45) is 0. The first-order valence-electron chi connectivity index (χ1n) is 0.667. The van der Waals surface area contributed by atoms with Gasteiger partial charge < -0.3 is 15.3 Å². The molecule has 5 nitrogen and oxygen atoms in total. The minimum Gasteiger partial charge on any atom is -0.759 e. The molecule has 0 aliphatic heterocycles. The van der Waals surface area contributed by atoms with E-state index in [0.717, 1.165) is 0 Å². The molecule has 0 aliphatic rings. The van der Waals surface area contributed by atoms with Crippen molar-refractivity contribution < 1.29 is 54.1 Å². The third kappa shape index (κ3) is 263. The monoisotopic (exact) mass is 233 g/mol. The van der Waals surface area contributed by atoms with Gasteiger partial charge in [0.25, 0.3) is 0 Å². The minimum atomic E-state index is -5.17. The topological polar surface area (TPSA) is 117 Å². The summed E-state index contributed by atoms with van der Waals surface area (Å²) >= 11 is 0. The molecule has 1 radical (unpaired) electrons. The number of quaternary nitrogens is 1. The summed E-state index contributed by atoms with van der Waals surface area (Å²) in [4.78, 5) is 0. The predicted octanol–water partition coefficient (Wildman–Crippen LogP) is -0.967. The van der Waals surface area contributed by atoms with Gasteiger partial charge in [-0.25, -0.2) is 0 Å². The second-order valence-corrected chi connectivity index (χ2v) is 1.22. The van der Waals surface area contributed by atoms with Crippen molar-refractivity contribution in [2.24, 2.45) is 0 Å². The Balaban J connectivity index is -0.0000000267. The minimum absolute atomic E-state index is 0. The molecule has 0 aromatic rings. The molecule has 8 heteroatoms. The van der Waals surface area contributed by atoms with E-state index >= 15 is 0 Å². The fourth-order valence-electron chi connectivity index (χ4n) is 0. The average Bonchev–Trinajstić information content (AvgIpc) is 0.722. The molecule has 0 aromatic heterocycles. The van der Waals surface area contributed by atoms with Crippen molar-refractivity contribution in [3.63, 3.8) is 0 Å². The van der Waals surface area contributed by atoms with Crippen LogP contribution in [0.1, 0.15) is 0 Å². The maximum atomic E-state index is 8.52. The molecule has 0 amide bonds. The van der Waals surface area contributed by atoms with E-state index in [0.29, 0.717) is 0 Å². The van der Waals surface area contributed by atoms with Crippen molar-refractivity contribution in [1.29, 1.82) is 0 Å². The van der Waals surface area contributed by atoms with E-state index in [-0.39, 0.29) is 42.7 Å². The maximum Gasteiger partial charge on any atom is 2.00 e. The van der Waals surface area contributed by atoms with Gasteiger partial charge in [-0.1, -0.05) is 0 Å². The van der Waals surface area contributed by atoms with Crippen LogP contribution in [-0.2, 0) is 46.9 Å². The van der Waals surface area contributed by atoms with Crippen LogP contribution in [0, 0.1) is 0 Å². The molecule has 0 rings (SSSR count). The molecule has 0 fully saturated rings. The van der Waals surface area contributed by atoms with Crippen LogP contribution in [0.5, 0.6) is 0 Å². The molecule has 45 valence electrons. The zero-order valence-electron chi connectivity index (χ0n) is 4.13. The Morgan fingerprint density at radius 2 is 1.12 bits per heavy atom. The zero-order valence-corrected chi connectivity index (χ0v) is 9.09. The van der Waals surface area contributed by atoms with Gasteiger partial charge in [-0.05, 0) is 0 Å². The van der Waals surface area contributed by atoms with Crippen molar-refractivity contribution >= 4 is 10.4 Å². The van der Waals surface area contributed by atoms with Gasteiger partial charge in [0, 0.05) is 10.4 Å². The molecule has 0 spiro atoms. The van der Waals surface area contributed by atoms with E-state index < -0.39 is 10.4 Å². The molecule has 0 aromatic carbocycles. The van der Waals surface area contributed by atoms with Crippen LogP contribution >= 0.6 is 0 Å². The third-order valence-electron chi connectivity index (χ3n) is 0. The molecular formula is H4MnNO4SZn+3. The molecule has 0 aliphatic carbocycles. The van der Waals surface area contributed by atoms with Gasteiger partial charge >= 0.3 is 36.5 Å². The van der Waals surface area contributed by atoms with Crippen LogP contribution in [0.4, 0.5) is 0 Å². The summed E-state index contributed by atoms with van der Waals surface area (Å²) in [5.74, 6) is 0. The van der Waals surface area contributed by atoms with Crippen molar-refractivity contribution in [1.82, 2.24) is 6.15 Å². The van der Waals surface area contributed by atoms with Gasteiger partial charge in [-0.3, -0.25) is 8.42 Å². The van der Waals surface area contributed by atoms with Crippen molar-refractivity contribution in [2.45, 2.75) is 0 Å². The van der Waals surface area contributed by atoms with E-state index in [4.69, 9.17) is 17.5 Å². The van der Waals surface area contributed by atoms with E-state index in [1.54, 1.807) is 0 Å². The smallest absolute Gasteiger partial charge is 0.759 e. The van der Waals surface area contributed by atoms with Gasteiger partial charge in [-0.15, -0.1) is 0 Å². The van der Waals surface area contributed by atoms with Gasteiger partial charge in [-0.2, -0.15) is 0 Å². The Morgan fingerprint density at radius 1 is 1.12 bits per heavy atom. The van der Waals surface area contributed by atoms with Crippen molar-refractivity contribution in [3.05, 3.63) is 0 Å². The molecule has 0 atom stereocenters. The second kappa shape index (κ2) is 7.97. The third-order valence-corrected chi connectivity index (χ3v) is 0. The van der Waals surface area contributed by atoms with Crippen LogP contribution in [0.2, 0.25) is 0 Å². The first-order chi connectivity index (χ1) is 2.00. The maximum absolute atomic E-state index is 8.52. The predicted molar refractivity (Wildman–Crippen MR) is 16.5 cm³/mol. The molecule has 0 unspecified atom stereocenters. The molecule has 4 N–H and O–H groups in total. The fraction of sp³-hybridized carbons (Fsp3) is 0. The number of hydrogen-bond donors (Lipinski definition) is 1. The Kier molecular flexibility index (Phi) is 23.0. The Bertz CT molecular complexity index is 99.2. The van der Waals surface area contributed by atoms with E-state index in [1.807, 2.05) is 0 Å². The van der Waals surface area contributed by atoms with Crippen LogP contribution in [0.25, 0.3) is 0 Å². The van der Waals surface area contributed by atoms with Gasteiger partial charge in [0.05, 0.1) is 0 Å². The Hall–Kier alpha value is 0.973. The SMILES string of the molecule is O=S(=O)([O-])[O-].[Mn+2].[NH4+].[Zn+2]. The summed E-state index contributed by atoms with van der Waals surface area (Å²) in [5, 5.41) is 0. The van der Waals surface area contributed by atoms with E-state index in [2.05, 4.69) is 0 Å². The first-order valence-corrected chi connectivity index (χ1v) is 2.00. The van der Waals surface area contributed by atoms with Crippen molar-refractivity contribution in [3.8, 4) is 0 Å². The molecular weight excluding hydrogens is 230 g/mol. The zero-order chi connectivity index (χ0) is 4.50. The van der Waals surface area contributed by atoms with Gasteiger partial charge in [0.15, 0.2) is 0 Å². The van der Waals surface area contributed by atoms with E-state index in [9.17, 15) is 0 Å². The number of rotatable bonds is 0. The Labute approximate surface area is 70.6 Å². The van der Waals surface area contributed by atoms with Crippen LogP contribution in [0.3, 0.4) is 0 Å². The molecule has 0 saturated heterocycles. The van der Waals surface area contributed by atoms with Crippen LogP contribution in [-0.4, -0.2) is 17.5 Å². The molecule has 0 saturated carbocycles. The van der Waals surface area contributed by atoms with Gasteiger partial charge in [0.1, 0.15) is 0 Å². The second-order valence-electron chi connectivity index (χ2n) is 0.408. The average molecular weight is 234 g/mol. The molecule has 0 bridgehead atoms. The summed E-state index contributed by atoms with van der Waals surface area (Å²) in [6, 6.07) is 0. The van der Waals surface area contributed by atoms with Crippen molar-refractivity contribution in [2.75, 3.05) is 0 Å². The summed E-state index contributed by atoms with van der Waals surface area (Å²) < 4.78 is 34.1. The largest absolute Gasteiger partial charge is 2.00 e. The number of hydrogen-bond acceptors (Lipinski definition) is 4. The summed E-state index contributed by atoms with van der Waals surface area (Å²) in [6.45, 7) is 0. The Morgan fingerprint density at radius 3 is 1.12 bits per heavy atom. The van der Waals surface area contributed by atoms with Crippen LogP contribution < -0.4 is 6.15 Å². The molecule has 8 heavy (non-hydrogen) atoms. The van der Waals surface area contributed by atoms with E-state index in [1.165, 1.54) is 0 Å². The van der Waals surface area contributed by atoms with Crippen LogP contribution in [0.15, 0.2) is 0 Å². The fourth-order valence-corrected chi connectivity index (χ4v) is 0.